The van der Waals surface area contributed by atoms with Crippen molar-refractivity contribution in [2.45, 2.75) is 19.9 Å². The summed E-state index contributed by atoms with van der Waals surface area (Å²) in [6.45, 7) is 2.59. The van der Waals surface area contributed by atoms with Crippen LogP contribution in [0.5, 0.6) is 0 Å². The lowest BCUT2D eigenvalue weighted by atomic mass is 10.2. The van der Waals surface area contributed by atoms with E-state index in [1.807, 2.05) is 24.4 Å². The van der Waals surface area contributed by atoms with Gasteiger partial charge in [0.05, 0.1) is 0 Å². The molecule has 2 aromatic rings. The van der Waals surface area contributed by atoms with Gasteiger partial charge in [-0.25, -0.2) is 9.67 Å². The van der Waals surface area contributed by atoms with Crippen molar-refractivity contribution < 1.29 is 4.79 Å². The van der Waals surface area contributed by atoms with Crippen LogP contribution in [-0.4, -0.2) is 20.7 Å². The molecular formula is C14H16N4O. The number of amides is 1. The quantitative estimate of drug-likeness (QED) is 0.902. The molecule has 5 heteroatoms. The molecule has 0 spiro atoms. The van der Waals surface area contributed by atoms with Gasteiger partial charge in [0, 0.05) is 36.6 Å². The van der Waals surface area contributed by atoms with Gasteiger partial charge in [0.1, 0.15) is 0 Å². The first-order chi connectivity index (χ1) is 9.25. The third kappa shape index (κ3) is 2.50. The lowest BCUT2D eigenvalue weighted by molar-refractivity contribution is -0.122. The molecule has 1 fully saturated rings. The number of pyridine rings is 1. The lowest BCUT2D eigenvalue weighted by Gasteiger charge is -2.09. The first kappa shape index (κ1) is 11.9. The van der Waals surface area contributed by atoms with Crippen LogP contribution in [0.15, 0.2) is 36.8 Å². The third-order valence-corrected chi connectivity index (χ3v) is 3.49. The van der Waals surface area contributed by atoms with Crippen LogP contribution in [0.25, 0.3) is 5.82 Å². The van der Waals surface area contributed by atoms with Crippen LogP contribution in [0, 0.1) is 11.8 Å². The average Bonchev–Trinajstić information content (AvgIpc) is 2.94. The number of rotatable bonds is 4. The van der Waals surface area contributed by atoms with E-state index in [1.165, 1.54) is 0 Å². The second-order valence-corrected chi connectivity index (χ2v) is 4.97. The number of carbonyl (C=O) groups excluding carboxylic acids is 1. The predicted molar refractivity (Wildman–Crippen MR) is 70.5 cm³/mol. The van der Waals surface area contributed by atoms with Crippen molar-refractivity contribution in [2.75, 3.05) is 0 Å². The Balaban J connectivity index is 1.72. The summed E-state index contributed by atoms with van der Waals surface area (Å²) in [6, 6.07) is 5.68. The molecule has 1 aliphatic rings. The summed E-state index contributed by atoms with van der Waals surface area (Å²) < 4.78 is 1.71. The minimum Gasteiger partial charge on any atom is -0.352 e. The van der Waals surface area contributed by atoms with Gasteiger partial charge in [-0.1, -0.05) is 13.0 Å². The molecule has 2 atom stereocenters. The molecule has 3 rings (SSSR count). The SMILES string of the molecule is CC1CC1C(=O)NCc1cccnc1-n1cccn1. The molecule has 5 nitrogen and oxygen atoms in total. The van der Waals surface area contributed by atoms with Crippen molar-refractivity contribution >= 4 is 5.91 Å². The summed E-state index contributed by atoms with van der Waals surface area (Å²) >= 11 is 0. The van der Waals surface area contributed by atoms with Crippen molar-refractivity contribution in [3.05, 3.63) is 42.4 Å². The Kier molecular flexibility index (Phi) is 3.03. The minimum atomic E-state index is 0.141. The summed E-state index contributed by atoms with van der Waals surface area (Å²) in [5.41, 5.74) is 0.966. The van der Waals surface area contributed by atoms with Crippen molar-refractivity contribution in [3.63, 3.8) is 0 Å². The normalized spacial score (nSPS) is 21.1. The van der Waals surface area contributed by atoms with E-state index < -0.39 is 0 Å². The van der Waals surface area contributed by atoms with Gasteiger partial charge < -0.3 is 5.32 Å². The number of nitrogens with one attached hydrogen (secondary N) is 1. The van der Waals surface area contributed by atoms with Crippen molar-refractivity contribution in [2.24, 2.45) is 11.8 Å². The average molecular weight is 256 g/mol. The van der Waals surface area contributed by atoms with Gasteiger partial charge in [0.2, 0.25) is 5.91 Å². The lowest BCUT2D eigenvalue weighted by Crippen LogP contribution is -2.25. The van der Waals surface area contributed by atoms with Crippen LogP contribution in [0.1, 0.15) is 18.9 Å². The molecule has 2 heterocycles. The zero-order valence-electron chi connectivity index (χ0n) is 10.8. The molecule has 2 aromatic heterocycles. The maximum Gasteiger partial charge on any atom is 0.223 e. The molecule has 2 unspecified atom stereocenters. The Morgan fingerprint density at radius 1 is 1.47 bits per heavy atom. The molecule has 1 aliphatic carbocycles. The van der Waals surface area contributed by atoms with Gasteiger partial charge in [-0.15, -0.1) is 0 Å². The second-order valence-electron chi connectivity index (χ2n) is 4.97. The van der Waals surface area contributed by atoms with Gasteiger partial charge in [-0.3, -0.25) is 4.79 Å². The second kappa shape index (κ2) is 4.84. The molecule has 19 heavy (non-hydrogen) atoms. The Morgan fingerprint density at radius 3 is 3.00 bits per heavy atom. The highest BCUT2D eigenvalue weighted by atomic mass is 16.2. The van der Waals surface area contributed by atoms with Gasteiger partial charge >= 0.3 is 0 Å². The van der Waals surface area contributed by atoms with E-state index in [9.17, 15) is 4.79 Å². The Bertz CT molecular complexity index is 579. The fourth-order valence-corrected chi connectivity index (χ4v) is 2.17. The maximum absolute atomic E-state index is 11.8. The Hall–Kier alpha value is -2.17. The molecular weight excluding hydrogens is 240 g/mol. The molecule has 1 N–H and O–H groups in total. The van der Waals surface area contributed by atoms with Gasteiger partial charge in [0.25, 0.3) is 0 Å². The van der Waals surface area contributed by atoms with E-state index in [0.29, 0.717) is 12.5 Å². The number of hydrogen-bond donors (Lipinski definition) is 1. The van der Waals surface area contributed by atoms with E-state index in [4.69, 9.17) is 0 Å². The summed E-state index contributed by atoms with van der Waals surface area (Å²) in [7, 11) is 0. The maximum atomic E-state index is 11.8. The number of carbonyl (C=O) groups is 1. The van der Waals surface area contributed by atoms with Gasteiger partial charge in [0.15, 0.2) is 5.82 Å². The highest BCUT2D eigenvalue weighted by Crippen LogP contribution is 2.37. The number of aromatic nitrogens is 3. The van der Waals surface area contributed by atoms with Crippen molar-refractivity contribution in [1.29, 1.82) is 0 Å². The highest BCUT2D eigenvalue weighted by Gasteiger charge is 2.38. The molecule has 0 aromatic carbocycles. The molecule has 0 saturated heterocycles. The summed E-state index contributed by atoms with van der Waals surface area (Å²) in [5, 5.41) is 7.15. The largest absolute Gasteiger partial charge is 0.352 e. The molecule has 98 valence electrons. The van der Waals surface area contributed by atoms with Crippen LogP contribution in [0.4, 0.5) is 0 Å². The molecule has 0 radical (unpaired) electrons. The first-order valence-electron chi connectivity index (χ1n) is 6.47. The standard InChI is InChI=1S/C14H16N4O/c1-10-8-12(10)14(19)16-9-11-4-2-5-15-13(11)18-7-3-6-17-18/h2-7,10,12H,8-9H2,1H3,(H,16,19). The van der Waals surface area contributed by atoms with E-state index in [2.05, 4.69) is 22.3 Å². The van der Waals surface area contributed by atoms with Crippen LogP contribution < -0.4 is 5.32 Å². The van der Waals surface area contributed by atoms with Crippen LogP contribution >= 0.6 is 0 Å². The van der Waals surface area contributed by atoms with Crippen molar-refractivity contribution in [3.8, 4) is 5.82 Å². The van der Waals surface area contributed by atoms with Gasteiger partial charge in [-0.2, -0.15) is 5.10 Å². The third-order valence-electron chi connectivity index (χ3n) is 3.49. The molecule has 0 aliphatic heterocycles. The Morgan fingerprint density at radius 2 is 2.32 bits per heavy atom. The highest BCUT2D eigenvalue weighted by molar-refractivity contribution is 5.81. The first-order valence-corrected chi connectivity index (χ1v) is 6.47. The monoisotopic (exact) mass is 256 g/mol. The summed E-state index contributed by atoms with van der Waals surface area (Å²) in [6.07, 6.45) is 6.29. The van der Waals surface area contributed by atoms with Gasteiger partial charge in [-0.05, 0) is 24.5 Å². The predicted octanol–water partition coefficient (Wildman–Crippen LogP) is 1.54. The van der Waals surface area contributed by atoms with E-state index in [1.54, 1.807) is 17.1 Å². The fraction of sp³-hybridized carbons (Fsp3) is 0.357. The summed E-state index contributed by atoms with van der Waals surface area (Å²) in [4.78, 5) is 16.2. The fourth-order valence-electron chi connectivity index (χ4n) is 2.17. The zero-order valence-corrected chi connectivity index (χ0v) is 10.8. The van der Waals surface area contributed by atoms with Crippen molar-refractivity contribution in [1.82, 2.24) is 20.1 Å². The van der Waals surface area contributed by atoms with Crippen LogP contribution in [0.2, 0.25) is 0 Å². The van der Waals surface area contributed by atoms with E-state index in [-0.39, 0.29) is 11.8 Å². The van der Waals surface area contributed by atoms with E-state index >= 15 is 0 Å². The number of hydrogen-bond acceptors (Lipinski definition) is 3. The summed E-state index contributed by atoms with van der Waals surface area (Å²) in [5.74, 6) is 1.63. The Labute approximate surface area is 111 Å². The topological polar surface area (TPSA) is 59.8 Å². The molecule has 1 amide bonds. The number of nitrogens with zero attached hydrogens (tertiary/aromatic N) is 3. The smallest absolute Gasteiger partial charge is 0.223 e. The molecule has 0 bridgehead atoms. The minimum absolute atomic E-state index is 0.141. The molecule has 1 saturated carbocycles. The zero-order chi connectivity index (χ0) is 13.2. The van der Waals surface area contributed by atoms with Crippen LogP contribution in [-0.2, 0) is 11.3 Å². The van der Waals surface area contributed by atoms with E-state index in [0.717, 1.165) is 17.8 Å². The van der Waals surface area contributed by atoms with Crippen LogP contribution in [0.3, 0.4) is 0 Å².